The molecule has 5 heteroatoms. The second-order valence-corrected chi connectivity index (χ2v) is 6.98. The molecule has 26 heavy (non-hydrogen) atoms. The maximum absolute atomic E-state index is 12.6. The minimum atomic E-state index is -0.247. The quantitative estimate of drug-likeness (QED) is 0.891. The molecule has 2 aromatic carbocycles. The first-order valence-corrected chi connectivity index (χ1v) is 9.01. The highest BCUT2D eigenvalue weighted by Crippen LogP contribution is 2.44. The number of benzene rings is 2. The fourth-order valence-corrected chi connectivity index (χ4v) is 3.56. The number of nitrogens with one attached hydrogen (secondary N) is 2. The van der Waals surface area contributed by atoms with Crippen molar-refractivity contribution in [3.63, 3.8) is 0 Å². The molecule has 1 unspecified atom stereocenters. The third-order valence-corrected chi connectivity index (χ3v) is 5.03. The average Bonchev–Trinajstić information content (AvgIpc) is 3.40. The highest BCUT2D eigenvalue weighted by Gasteiger charge is 2.36. The highest BCUT2D eigenvalue weighted by molar-refractivity contribution is 6.02. The lowest BCUT2D eigenvalue weighted by atomic mass is 9.87. The zero-order valence-corrected chi connectivity index (χ0v) is 14.9. The Bertz CT molecular complexity index is 859. The molecule has 4 rings (SSSR count). The van der Waals surface area contributed by atoms with Gasteiger partial charge < -0.3 is 15.4 Å². The van der Waals surface area contributed by atoms with E-state index in [-0.39, 0.29) is 29.9 Å². The van der Waals surface area contributed by atoms with Crippen LogP contribution >= 0.6 is 0 Å². The Morgan fingerprint density at radius 1 is 1.08 bits per heavy atom. The lowest BCUT2D eigenvalue weighted by molar-refractivity contribution is 0.0951. The number of ether oxygens (including phenoxy) is 1. The van der Waals surface area contributed by atoms with Crippen LogP contribution in [0.15, 0.2) is 42.5 Å². The van der Waals surface area contributed by atoms with Crippen LogP contribution in [0, 0.1) is 0 Å². The SMILES string of the molecule is CNC(=O)c1cc(C(=O)NC2CC2)cc2c1O[C@@H](C)C2c1ccccc1. The number of hydrogen-bond donors (Lipinski definition) is 2. The van der Waals surface area contributed by atoms with Crippen LogP contribution in [0.1, 0.15) is 57.5 Å². The van der Waals surface area contributed by atoms with Crippen LogP contribution < -0.4 is 15.4 Å². The van der Waals surface area contributed by atoms with Crippen molar-refractivity contribution in [1.82, 2.24) is 10.6 Å². The minimum absolute atomic E-state index is 0.0109. The number of carbonyl (C=O) groups excluding carboxylic acids is 2. The Hall–Kier alpha value is -2.82. The van der Waals surface area contributed by atoms with E-state index < -0.39 is 0 Å². The summed E-state index contributed by atoms with van der Waals surface area (Å²) in [6, 6.07) is 13.8. The molecule has 2 N–H and O–H groups in total. The standard InChI is InChI=1S/C21H22N2O3/c1-12-18(13-6-4-3-5-7-13)16-10-14(20(24)23-15-8-9-15)11-17(19(16)26-12)21(25)22-2/h3-7,10-12,15,18H,8-9H2,1-2H3,(H,22,25)(H,23,24)/t12-,18?/m0/s1. The van der Waals surface area contributed by atoms with Gasteiger partial charge in [-0.1, -0.05) is 30.3 Å². The van der Waals surface area contributed by atoms with Gasteiger partial charge in [0.2, 0.25) is 0 Å². The number of carbonyl (C=O) groups is 2. The Morgan fingerprint density at radius 2 is 1.81 bits per heavy atom. The molecule has 5 nitrogen and oxygen atoms in total. The molecule has 1 aliphatic heterocycles. The molecule has 2 atom stereocenters. The van der Waals surface area contributed by atoms with Gasteiger partial charge >= 0.3 is 0 Å². The lowest BCUT2D eigenvalue weighted by Gasteiger charge is -2.15. The smallest absolute Gasteiger partial charge is 0.254 e. The second kappa shape index (κ2) is 6.48. The maximum Gasteiger partial charge on any atom is 0.254 e. The topological polar surface area (TPSA) is 67.4 Å². The Kier molecular flexibility index (Phi) is 4.15. The molecule has 0 saturated heterocycles. The van der Waals surface area contributed by atoms with Crippen LogP contribution in [-0.4, -0.2) is 31.0 Å². The molecule has 0 aromatic heterocycles. The first-order chi connectivity index (χ1) is 12.6. The van der Waals surface area contributed by atoms with Gasteiger partial charge in [-0.3, -0.25) is 9.59 Å². The number of amides is 2. The van der Waals surface area contributed by atoms with Gasteiger partial charge in [-0.15, -0.1) is 0 Å². The first kappa shape index (κ1) is 16.6. The summed E-state index contributed by atoms with van der Waals surface area (Å²) in [5, 5.41) is 5.65. The van der Waals surface area contributed by atoms with E-state index >= 15 is 0 Å². The van der Waals surface area contributed by atoms with E-state index in [4.69, 9.17) is 4.74 Å². The molecule has 2 amide bonds. The van der Waals surface area contributed by atoms with Crippen molar-refractivity contribution < 1.29 is 14.3 Å². The Labute approximate surface area is 152 Å². The molecule has 0 bridgehead atoms. The summed E-state index contributed by atoms with van der Waals surface area (Å²) >= 11 is 0. The lowest BCUT2D eigenvalue weighted by Crippen LogP contribution is -2.26. The van der Waals surface area contributed by atoms with Crippen molar-refractivity contribution in [1.29, 1.82) is 0 Å². The summed E-state index contributed by atoms with van der Waals surface area (Å²) < 4.78 is 6.06. The summed E-state index contributed by atoms with van der Waals surface area (Å²) in [5.41, 5.74) is 2.93. The van der Waals surface area contributed by atoms with Crippen molar-refractivity contribution in [2.24, 2.45) is 0 Å². The molecule has 1 fully saturated rings. The van der Waals surface area contributed by atoms with E-state index in [1.54, 1.807) is 13.1 Å². The summed E-state index contributed by atoms with van der Waals surface area (Å²) in [6.07, 6.45) is 1.93. The second-order valence-electron chi connectivity index (χ2n) is 6.98. The van der Waals surface area contributed by atoms with Gasteiger partial charge in [-0.05, 0) is 37.5 Å². The Morgan fingerprint density at radius 3 is 2.46 bits per heavy atom. The maximum atomic E-state index is 12.6. The summed E-state index contributed by atoms with van der Waals surface area (Å²) in [5.74, 6) is 0.187. The van der Waals surface area contributed by atoms with Gasteiger partial charge in [0.15, 0.2) is 0 Å². The molecule has 1 saturated carbocycles. The van der Waals surface area contributed by atoms with Gasteiger partial charge in [0, 0.05) is 30.1 Å². The van der Waals surface area contributed by atoms with E-state index in [1.807, 2.05) is 31.2 Å². The first-order valence-electron chi connectivity index (χ1n) is 9.01. The molecule has 0 spiro atoms. The normalized spacial score (nSPS) is 20.8. The number of hydrogen-bond acceptors (Lipinski definition) is 3. The van der Waals surface area contributed by atoms with Crippen LogP contribution in [0.2, 0.25) is 0 Å². The molecular weight excluding hydrogens is 328 g/mol. The van der Waals surface area contributed by atoms with E-state index in [0.717, 1.165) is 24.0 Å². The number of fused-ring (bicyclic) bond motifs is 1. The molecule has 2 aromatic rings. The van der Waals surface area contributed by atoms with Crippen LogP contribution in [0.25, 0.3) is 0 Å². The van der Waals surface area contributed by atoms with Crippen molar-refractivity contribution in [2.75, 3.05) is 7.05 Å². The van der Waals surface area contributed by atoms with E-state index in [9.17, 15) is 9.59 Å². The van der Waals surface area contributed by atoms with Crippen molar-refractivity contribution >= 4 is 11.8 Å². The van der Waals surface area contributed by atoms with Gasteiger partial charge in [0.1, 0.15) is 11.9 Å². The molecule has 0 radical (unpaired) electrons. The fraction of sp³-hybridized carbons (Fsp3) is 0.333. The third-order valence-electron chi connectivity index (χ3n) is 5.03. The van der Waals surface area contributed by atoms with Crippen LogP contribution in [0.4, 0.5) is 0 Å². The Balaban J connectivity index is 1.82. The largest absolute Gasteiger partial charge is 0.489 e. The zero-order chi connectivity index (χ0) is 18.3. The summed E-state index contributed by atoms with van der Waals surface area (Å²) in [6.45, 7) is 2.00. The predicted molar refractivity (Wildman–Crippen MR) is 98.7 cm³/mol. The third kappa shape index (κ3) is 2.94. The fourth-order valence-electron chi connectivity index (χ4n) is 3.56. The van der Waals surface area contributed by atoms with Gasteiger partial charge in [0.05, 0.1) is 5.56 Å². The average molecular weight is 350 g/mol. The molecular formula is C21H22N2O3. The van der Waals surface area contributed by atoms with Crippen LogP contribution in [0.3, 0.4) is 0 Å². The van der Waals surface area contributed by atoms with Crippen molar-refractivity contribution in [2.45, 2.75) is 37.8 Å². The number of rotatable bonds is 4. The molecule has 1 heterocycles. The predicted octanol–water partition coefficient (Wildman–Crippen LogP) is 2.85. The van der Waals surface area contributed by atoms with E-state index in [0.29, 0.717) is 16.9 Å². The van der Waals surface area contributed by atoms with E-state index in [1.165, 1.54) is 0 Å². The highest BCUT2D eigenvalue weighted by atomic mass is 16.5. The zero-order valence-electron chi connectivity index (χ0n) is 14.9. The molecule has 134 valence electrons. The van der Waals surface area contributed by atoms with Crippen LogP contribution in [-0.2, 0) is 0 Å². The van der Waals surface area contributed by atoms with E-state index in [2.05, 4.69) is 22.8 Å². The molecule has 2 aliphatic rings. The molecule has 1 aliphatic carbocycles. The summed E-state index contributed by atoms with van der Waals surface area (Å²) in [4.78, 5) is 25.0. The van der Waals surface area contributed by atoms with Crippen LogP contribution in [0.5, 0.6) is 5.75 Å². The van der Waals surface area contributed by atoms with Crippen molar-refractivity contribution in [3.8, 4) is 5.75 Å². The van der Waals surface area contributed by atoms with Gasteiger partial charge in [-0.25, -0.2) is 0 Å². The minimum Gasteiger partial charge on any atom is -0.489 e. The van der Waals surface area contributed by atoms with Gasteiger partial charge in [-0.2, -0.15) is 0 Å². The van der Waals surface area contributed by atoms with Gasteiger partial charge in [0.25, 0.3) is 11.8 Å². The summed E-state index contributed by atoms with van der Waals surface area (Å²) in [7, 11) is 1.58. The van der Waals surface area contributed by atoms with Crippen molar-refractivity contribution in [3.05, 3.63) is 64.7 Å². The monoisotopic (exact) mass is 350 g/mol.